The van der Waals surface area contributed by atoms with E-state index in [9.17, 15) is 0 Å². The van der Waals surface area contributed by atoms with Crippen LogP contribution in [0.2, 0.25) is 5.02 Å². The van der Waals surface area contributed by atoms with Crippen LogP contribution in [0.4, 0.5) is 5.69 Å². The molecule has 0 saturated heterocycles. The van der Waals surface area contributed by atoms with Crippen molar-refractivity contribution in [2.75, 3.05) is 19.0 Å². The molecule has 0 heterocycles. The zero-order valence-corrected chi connectivity index (χ0v) is 14.0. The molecule has 0 radical (unpaired) electrons. The summed E-state index contributed by atoms with van der Waals surface area (Å²) in [5.41, 5.74) is 3.67. The zero-order valence-electron chi connectivity index (χ0n) is 11.7. The molecule has 0 aliphatic heterocycles. The van der Waals surface area contributed by atoms with Gasteiger partial charge in [0.2, 0.25) is 0 Å². The van der Waals surface area contributed by atoms with Crippen LogP contribution in [0.5, 0.6) is 0 Å². The second-order valence-corrected chi connectivity index (χ2v) is 6.14. The number of hydrogen-bond donors (Lipinski definition) is 1. The van der Waals surface area contributed by atoms with Crippen molar-refractivity contribution in [1.82, 2.24) is 5.32 Å². The molecule has 0 fully saturated rings. The monoisotopic (exact) mass is 352 g/mol. The van der Waals surface area contributed by atoms with Gasteiger partial charge in [0.15, 0.2) is 0 Å². The predicted octanol–water partition coefficient (Wildman–Crippen LogP) is 4.46. The highest BCUT2D eigenvalue weighted by Crippen LogP contribution is 2.26. The van der Waals surface area contributed by atoms with Crippen LogP contribution >= 0.6 is 27.5 Å². The predicted molar refractivity (Wildman–Crippen MR) is 90.5 cm³/mol. The van der Waals surface area contributed by atoms with Gasteiger partial charge in [-0.15, -0.1) is 0 Å². The van der Waals surface area contributed by atoms with Crippen molar-refractivity contribution in [2.24, 2.45) is 0 Å². The van der Waals surface area contributed by atoms with Crippen LogP contribution in [0.25, 0.3) is 0 Å². The molecule has 2 aromatic carbocycles. The minimum absolute atomic E-state index is 0.765. The molecular weight excluding hydrogens is 336 g/mol. The first-order valence-corrected chi connectivity index (χ1v) is 7.66. The molecule has 0 atom stereocenters. The fraction of sp³-hybridized carbons (Fsp3) is 0.250. The number of anilines is 1. The van der Waals surface area contributed by atoms with Gasteiger partial charge in [0.25, 0.3) is 0 Å². The first-order chi connectivity index (χ1) is 9.60. The molecule has 1 N–H and O–H groups in total. The van der Waals surface area contributed by atoms with Gasteiger partial charge in [0, 0.05) is 35.3 Å². The molecule has 0 bridgehead atoms. The summed E-state index contributed by atoms with van der Waals surface area (Å²) in [5.74, 6) is 0. The highest BCUT2D eigenvalue weighted by Gasteiger charge is 2.09. The molecule has 4 heteroatoms. The van der Waals surface area contributed by atoms with E-state index in [4.69, 9.17) is 11.6 Å². The number of hydrogen-bond acceptors (Lipinski definition) is 2. The Morgan fingerprint density at radius 2 is 2.00 bits per heavy atom. The molecule has 20 heavy (non-hydrogen) atoms. The average Bonchev–Trinajstić information content (AvgIpc) is 2.41. The number of rotatable bonds is 5. The molecule has 2 aromatic rings. The summed E-state index contributed by atoms with van der Waals surface area (Å²) in [6.45, 7) is 1.67. The van der Waals surface area contributed by atoms with E-state index in [0.717, 1.165) is 28.3 Å². The molecule has 106 valence electrons. The van der Waals surface area contributed by atoms with Gasteiger partial charge < -0.3 is 10.2 Å². The second-order valence-electron chi connectivity index (χ2n) is 4.79. The van der Waals surface area contributed by atoms with Crippen LogP contribution in [0.3, 0.4) is 0 Å². The highest BCUT2D eigenvalue weighted by molar-refractivity contribution is 9.10. The van der Waals surface area contributed by atoms with Gasteiger partial charge in [-0.3, -0.25) is 0 Å². The minimum atomic E-state index is 0.765. The van der Waals surface area contributed by atoms with Crippen molar-refractivity contribution in [3.8, 4) is 0 Å². The van der Waals surface area contributed by atoms with Crippen LogP contribution in [0.1, 0.15) is 11.1 Å². The number of halogens is 2. The Bertz CT molecular complexity index is 586. The van der Waals surface area contributed by atoms with Gasteiger partial charge in [-0.05, 0) is 42.4 Å². The Hall–Kier alpha value is -1.03. The summed E-state index contributed by atoms with van der Waals surface area (Å²) in [6.07, 6.45) is 0. The van der Waals surface area contributed by atoms with Crippen LogP contribution in [-0.4, -0.2) is 14.1 Å². The molecular formula is C16H18BrClN2. The average molecular weight is 354 g/mol. The number of benzene rings is 2. The minimum Gasteiger partial charge on any atom is -0.370 e. The maximum absolute atomic E-state index is 6.13. The summed E-state index contributed by atoms with van der Waals surface area (Å²) in [6, 6.07) is 14.4. The zero-order chi connectivity index (χ0) is 14.5. The van der Waals surface area contributed by atoms with Crippen molar-refractivity contribution in [1.29, 1.82) is 0 Å². The van der Waals surface area contributed by atoms with E-state index >= 15 is 0 Å². The Labute approximate surface area is 133 Å². The molecule has 0 saturated carbocycles. The van der Waals surface area contributed by atoms with E-state index in [1.54, 1.807) is 0 Å². The van der Waals surface area contributed by atoms with Crippen molar-refractivity contribution in [3.05, 3.63) is 63.1 Å². The summed E-state index contributed by atoms with van der Waals surface area (Å²) >= 11 is 9.64. The number of nitrogens with one attached hydrogen (secondary N) is 1. The third kappa shape index (κ3) is 3.98. The van der Waals surface area contributed by atoms with Crippen molar-refractivity contribution >= 4 is 33.2 Å². The highest BCUT2D eigenvalue weighted by atomic mass is 79.9. The fourth-order valence-electron chi connectivity index (χ4n) is 2.23. The van der Waals surface area contributed by atoms with E-state index in [1.807, 2.05) is 25.2 Å². The van der Waals surface area contributed by atoms with Crippen molar-refractivity contribution in [3.63, 3.8) is 0 Å². The topological polar surface area (TPSA) is 15.3 Å². The van der Waals surface area contributed by atoms with E-state index in [2.05, 4.69) is 57.5 Å². The molecule has 2 nitrogen and oxygen atoms in total. The Morgan fingerprint density at radius 1 is 1.20 bits per heavy atom. The Kier molecular flexibility index (Phi) is 5.46. The molecule has 0 spiro atoms. The summed E-state index contributed by atoms with van der Waals surface area (Å²) in [5, 5.41) is 3.96. The first-order valence-electron chi connectivity index (χ1n) is 6.49. The molecule has 2 rings (SSSR count). The molecule has 0 unspecified atom stereocenters. The van der Waals surface area contributed by atoms with Gasteiger partial charge in [-0.2, -0.15) is 0 Å². The lowest BCUT2D eigenvalue weighted by Crippen LogP contribution is -2.19. The molecule has 0 aliphatic carbocycles. The maximum Gasteiger partial charge on any atom is 0.0427 e. The van der Waals surface area contributed by atoms with Crippen molar-refractivity contribution in [2.45, 2.75) is 13.1 Å². The van der Waals surface area contributed by atoms with Gasteiger partial charge in [-0.1, -0.05) is 45.7 Å². The SMILES string of the molecule is CNCc1ccc(Cl)cc1N(C)Cc1cccc(Br)c1. The second kappa shape index (κ2) is 7.11. The van der Waals surface area contributed by atoms with Gasteiger partial charge in [0.05, 0.1) is 0 Å². The van der Waals surface area contributed by atoms with Gasteiger partial charge >= 0.3 is 0 Å². The van der Waals surface area contributed by atoms with Crippen LogP contribution < -0.4 is 10.2 Å². The molecule has 0 amide bonds. The lowest BCUT2D eigenvalue weighted by Gasteiger charge is -2.23. The van der Waals surface area contributed by atoms with E-state index in [0.29, 0.717) is 0 Å². The van der Waals surface area contributed by atoms with E-state index < -0.39 is 0 Å². The van der Waals surface area contributed by atoms with Gasteiger partial charge in [-0.25, -0.2) is 0 Å². The molecule has 0 aromatic heterocycles. The standard InChI is InChI=1S/C16H18BrClN2/c1-19-10-13-6-7-15(18)9-16(13)20(2)11-12-4-3-5-14(17)8-12/h3-9,19H,10-11H2,1-2H3. The smallest absolute Gasteiger partial charge is 0.0427 e. The summed E-state index contributed by atoms with van der Waals surface area (Å²) < 4.78 is 1.10. The maximum atomic E-state index is 6.13. The van der Waals surface area contributed by atoms with Crippen LogP contribution in [0, 0.1) is 0 Å². The third-order valence-corrected chi connectivity index (χ3v) is 3.86. The lowest BCUT2D eigenvalue weighted by atomic mass is 10.1. The fourth-order valence-corrected chi connectivity index (χ4v) is 2.84. The Morgan fingerprint density at radius 3 is 2.70 bits per heavy atom. The van der Waals surface area contributed by atoms with Crippen LogP contribution in [-0.2, 0) is 13.1 Å². The van der Waals surface area contributed by atoms with Crippen molar-refractivity contribution < 1.29 is 0 Å². The molecule has 0 aliphatic rings. The van der Waals surface area contributed by atoms with Crippen LogP contribution in [0.15, 0.2) is 46.9 Å². The summed E-state index contributed by atoms with van der Waals surface area (Å²) in [4.78, 5) is 2.22. The van der Waals surface area contributed by atoms with E-state index in [1.165, 1.54) is 11.1 Å². The normalized spacial score (nSPS) is 10.6. The largest absolute Gasteiger partial charge is 0.370 e. The summed E-state index contributed by atoms with van der Waals surface area (Å²) in [7, 11) is 4.04. The lowest BCUT2D eigenvalue weighted by molar-refractivity contribution is 0.805. The number of nitrogens with zero attached hydrogens (tertiary/aromatic N) is 1. The quantitative estimate of drug-likeness (QED) is 0.854. The van der Waals surface area contributed by atoms with E-state index in [-0.39, 0.29) is 0 Å². The third-order valence-electron chi connectivity index (χ3n) is 3.13. The Balaban J connectivity index is 2.23. The first kappa shape index (κ1) is 15.4. The van der Waals surface area contributed by atoms with Gasteiger partial charge in [0.1, 0.15) is 0 Å².